The van der Waals surface area contributed by atoms with E-state index in [1.54, 1.807) is 25.1 Å². The maximum Gasteiger partial charge on any atom is 0.344 e. The first kappa shape index (κ1) is 20.2. The lowest BCUT2D eigenvalue weighted by atomic mass is 10.1. The molecule has 1 aliphatic rings. The van der Waals surface area contributed by atoms with E-state index in [9.17, 15) is 25.1 Å². The van der Waals surface area contributed by atoms with Crippen molar-refractivity contribution < 1.29 is 24.7 Å². The van der Waals surface area contributed by atoms with Gasteiger partial charge in [-0.2, -0.15) is 0 Å². The highest BCUT2D eigenvalue weighted by Crippen LogP contribution is 2.40. The van der Waals surface area contributed by atoms with Crippen LogP contribution in [0.3, 0.4) is 0 Å². The van der Waals surface area contributed by atoms with Crippen molar-refractivity contribution in [3.8, 4) is 5.75 Å². The Morgan fingerprint density at radius 3 is 2.59 bits per heavy atom. The third-order valence-corrected chi connectivity index (χ3v) is 4.85. The predicted molar refractivity (Wildman–Crippen MR) is 110 cm³/mol. The van der Waals surface area contributed by atoms with Crippen molar-refractivity contribution >= 4 is 40.2 Å². The number of ether oxygens (including phenoxy) is 1. The molecule has 2 N–H and O–H groups in total. The lowest BCUT2D eigenvalue weighted by Crippen LogP contribution is -2.12. The third-order valence-electron chi connectivity index (χ3n) is 3.83. The van der Waals surface area contributed by atoms with E-state index in [-0.39, 0.29) is 34.4 Å². The van der Waals surface area contributed by atoms with Gasteiger partial charge in [0, 0.05) is 12.1 Å². The third kappa shape index (κ3) is 4.64. The van der Waals surface area contributed by atoms with Crippen molar-refractivity contribution in [2.75, 3.05) is 6.61 Å². The zero-order valence-corrected chi connectivity index (χ0v) is 16.0. The van der Waals surface area contributed by atoms with E-state index >= 15 is 0 Å². The molecule has 0 amide bonds. The maximum absolute atomic E-state index is 12.4. The van der Waals surface area contributed by atoms with Gasteiger partial charge < -0.3 is 14.9 Å². The fraction of sp³-hybridized carbons (Fsp3) is 0.100. The van der Waals surface area contributed by atoms with Gasteiger partial charge in [0.15, 0.2) is 0 Å². The Kier molecular flexibility index (Phi) is 5.99. The van der Waals surface area contributed by atoms with Crippen molar-refractivity contribution in [3.05, 3.63) is 80.4 Å². The number of aromatic hydroxyl groups is 1. The van der Waals surface area contributed by atoms with Crippen LogP contribution in [0.15, 0.2) is 69.8 Å². The second-order valence-corrected chi connectivity index (χ2v) is 6.87. The Morgan fingerprint density at radius 1 is 1.24 bits per heavy atom. The predicted octanol–water partition coefficient (Wildman–Crippen LogP) is 4.49. The van der Waals surface area contributed by atoms with Crippen LogP contribution in [-0.2, 0) is 9.53 Å². The number of esters is 1. The summed E-state index contributed by atoms with van der Waals surface area (Å²) in [6, 6.07) is 11.9. The molecule has 0 unspecified atom stereocenters. The molecule has 0 atom stereocenters. The van der Waals surface area contributed by atoms with Gasteiger partial charge in [0.2, 0.25) is 0 Å². The lowest BCUT2D eigenvalue weighted by Gasteiger charge is -2.03. The molecule has 2 aromatic rings. The Hall–Kier alpha value is -3.59. The summed E-state index contributed by atoms with van der Waals surface area (Å²) >= 11 is 1.06. The van der Waals surface area contributed by atoms with E-state index in [4.69, 9.17) is 4.74 Å². The molecule has 0 radical (unpaired) electrons. The van der Waals surface area contributed by atoms with Crippen LogP contribution in [0.1, 0.15) is 12.5 Å². The average molecular weight is 412 g/mol. The van der Waals surface area contributed by atoms with Crippen molar-refractivity contribution in [1.82, 2.24) is 0 Å². The molecule has 0 spiro atoms. The van der Waals surface area contributed by atoms with Crippen LogP contribution in [0.5, 0.6) is 5.75 Å². The normalized spacial score (nSPS) is 16.4. The molecule has 0 saturated heterocycles. The molecule has 8 nitrogen and oxygen atoms in total. The number of carbonyl (C=O) groups excluding carboxylic acids is 1. The number of phenols is 1. The molecular formula is C20H16N2O6S. The summed E-state index contributed by atoms with van der Waals surface area (Å²) in [4.78, 5) is 27.3. The van der Waals surface area contributed by atoms with Crippen LogP contribution in [0.25, 0.3) is 6.08 Å². The minimum absolute atomic E-state index is 0.0659. The number of aliphatic imine (C=N–C) groups is 1. The first-order valence-corrected chi connectivity index (χ1v) is 9.33. The summed E-state index contributed by atoms with van der Waals surface area (Å²) in [7, 11) is 0. The summed E-state index contributed by atoms with van der Waals surface area (Å²) in [5.74, 6) is -0.939. The number of hydrogen-bond acceptors (Lipinski definition) is 8. The maximum atomic E-state index is 12.4. The minimum Gasteiger partial charge on any atom is -0.508 e. The van der Waals surface area contributed by atoms with Crippen molar-refractivity contribution in [1.29, 1.82) is 0 Å². The Labute approximate surface area is 170 Å². The Bertz CT molecular complexity index is 1060. The molecule has 1 heterocycles. The molecule has 3 rings (SSSR count). The Balaban J connectivity index is 2.01. The van der Waals surface area contributed by atoms with Gasteiger partial charge in [-0.3, -0.25) is 10.1 Å². The second-order valence-electron chi connectivity index (χ2n) is 5.84. The number of aliphatic hydroxyl groups is 1. The Morgan fingerprint density at radius 2 is 1.97 bits per heavy atom. The van der Waals surface area contributed by atoms with Gasteiger partial charge in [0.05, 0.1) is 22.1 Å². The van der Waals surface area contributed by atoms with E-state index in [0.717, 1.165) is 11.8 Å². The number of nitro benzene ring substituents is 1. The van der Waals surface area contributed by atoms with E-state index in [1.165, 1.54) is 36.4 Å². The number of nitrogens with zero attached hydrogens (tertiary/aromatic N) is 2. The summed E-state index contributed by atoms with van der Waals surface area (Å²) in [5, 5.41) is 31.2. The highest BCUT2D eigenvalue weighted by molar-refractivity contribution is 8.18. The molecule has 0 saturated carbocycles. The van der Waals surface area contributed by atoms with Crippen LogP contribution in [-0.4, -0.2) is 32.8 Å². The van der Waals surface area contributed by atoms with Gasteiger partial charge in [-0.15, -0.1) is 0 Å². The molecule has 9 heteroatoms. The number of rotatable bonds is 5. The molecular weight excluding hydrogens is 396 g/mol. The topological polar surface area (TPSA) is 122 Å². The van der Waals surface area contributed by atoms with Gasteiger partial charge in [0.1, 0.15) is 22.1 Å². The zero-order chi connectivity index (χ0) is 21.0. The van der Waals surface area contributed by atoms with Crippen molar-refractivity contribution in [2.24, 2.45) is 4.99 Å². The SMILES string of the molecule is CCOC(=O)C1=C(O)C(=Cc2cccc(O)c2)SC1=Nc1ccc([N+](=O)[O-])cc1. The van der Waals surface area contributed by atoms with Gasteiger partial charge in [-0.05, 0) is 42.8 Å². The number of non-ortho nitro benzene ring substituents is 1. The standard InChI is InChI=1S/C20H16N2O6S/c1-2-28-20(25)17-18(24)16(11-12-4-3-5-15(23)10-12)29-19(17)21-13-6-8-14(9-7-13)22(26)27/h3-11,23-24H,2H2,1H3. The first-order chi connectivity index (χ1) is 13.9. The summed E-state index contributed by atoms with van der Waals surface area (Å²) < 4.78 is 5.02. The number of thioether (sulfide) groups is 1. The second kappa shape index (κ2) is 8.61. The van der Waals surface area contributed by atoms with E-state index < -0.39 is 10.9 Å². The fourth-order valence-corrected chi connectivity index (χ4v) is 3.56. The molecule has 29 heavy (non-hydrogen) atoms. The molecule has 0 fully saturated rings. The summed E-state index contributed by atoms with van der Waals surface area (Å²) in [5.41, 5.74) is 0.841. The van der Waals surface area contributed by atoms with E-state index in [0.29, 0.717) is 16.2 Å². The van der Waals surface area contributed by atoms with Gasteiger partial charge >= 0.3 is 5.97 Å². The van der Waals surface area contributed by atoms with Crippen LogP contribution in [0.2, 0.25) is 0 Å². The molecule has 0 bridgehead atoms. The number of carbonyl (C=O) groups is 1. The average Bonchev–Trinajstić information content (AvgIpc) is 2.97. The molecule has 2 aromatic carbocycles. The van der Waals surface area contributed by atoms with Crippen LogP contribution in [0, 0.1) is 10.1 Å². The molecule has 148 valence electrons. The molecule has 0 aromatic heterocycles. The first-order valence-electron chi connectivity index (χ1n) is 8.52. The fourth-order valence-electron chi connectivity index (χ4n) is 2.52. The number of benzene rings is 2. The molecule has 1 aliphatic heterocycles. The van der Waals surface area contributed by atoms with Gasteiger partial charge in [-0.25, -0.2) is 9.79 Å². The highest BCUT2D eigenvalue weighted by Gasteiger charge is 2.33. The van der Waals surface area contributed by atoms with Gasteiger partial charge in [-0.1, -0.05) is 23.9 Å². The van der Waals surface area contributed by atoms with E-state index in [2.05, 4.69) is 4.99 Å². The monoisotopic (exact) mass is 412 g/mol. The molecule has 0 aliphatic carbocycles. The van der Waals surface area contributed by atoms with Crippen molar-refractivity contribution in [2.45, 2.75) is 6.92 Å². The zero-order valence-electron chi connectivity index (χ0n) is 15.2. The number of phenolic OH excluding ortho intramolecular Hbond substituents is 1. The van der Waals surface area contributed by atoms with Crippen LogP contribution >= 0.6 is 11.8 Å². The van der Waals surface area contributed by atoms with Crippen molar-refractivity contribution in [3.63, 3.8) is 0 Å². The summed E-state index contributed by atoms with van der Waals surface area (Å²) in [6.45, 7) is 1.77. The van der Waals surface area contributed by atoms with Gasteiger partial charge in [0.25, 0.3) is 5.69 Å². The minimum atomic E-state index is -0.725. The summed E-state index contributed by atoms with van der Waals surface area (Å²) in [6.07, 6.45) is 1.61. The lowest BCUT2D eigenvalue weighted by molar-refractivity contribution is -0.384. The van der Waals surface area contributed by atoms with E-state index in [1.807, 2.05) is 0 Å². The largest absolute Gasteiger partial charge is 0.508 e. The number of aliphatic hydroxyl groups excluding tert-OH is 1. The van der Waals surface area contributed by atoms with Crippen LogP contribution in [0.4, 0.5) is 11.4 Å². The number of hydrogen-bond donors (Lipinski definition) is 2. The highest BCUT2D eigenvalue weighted by atomic mass is 32.2. The number of nitro groups is 1. The van der Waals surface area contributed by atoms with Crippen LogP contribution < -0.4 is 0 Å². The smallest absolute Gasteiger partial charge is 0.344 e. The quantitative estimate of drug-likeness (QED) is 0.421.